The van der Waals surface area contributed by atoms with E-state index in [-0.39, 0.29) is 65.4 Å². The zero-order valence-corrected chi connectivity index (χ0v) is 25.8. The molecule has 14 heteroatoms. The molecule has 1 heterocycles. The number of hydrogen-bond acceptors (Lipinski definition) is 8. The first kappa shape index (κ1) is 31.5. The molecule has 0 saturated carbocycles. The Morgan fingerprint density at radius 3 is 2.44 bits per heavy atom. The molecule has 4 aliphatic rings. The van der Waals surface area contributed by atoms with Crippen molar-refractivity contribution in [1.82, 2.24) is 9.80 Å². The van der Waals surface area contributed by atoms with E-state index >= 15 is 0 Å². The van der Waals surface area contributed by atoms with Gasteiger partial charge < -0.3 is 0 Å². The number of aromatic hydroxyl groups is 1. The fourth-order valence-electron chi connectivity index (χ4n) is 7.89. The number of nitrogens with two attached hydrogens (primary N) is 1. The monoisotopic (exact) mass is 620 g/mol. The van der Waals surface area contributed by atoms with Crippen LogP contribution in [-0.4, -0.2) is 108 Å². The Hall–Kier alpha value is -2.89. The topological polar surface area (TPSA) is 131 Å². The summed E-state index contributed by atoms with van der Waals surface area (Å²) in [4.78, 5) is 31.4. The number of hydrogen-bond donors (Lipinski definition) is 4. The van der Waals surface area contributed by atoms with Crippen molar-refractivity contribution in [3.8, 4) is 5.75 Å². The number of phenolic OH excluding ortho intramolecular Hbond substituents is 1. The molecule has 1 amide bonds. The molecule has 1 saturated heterocycles. The molecule has 0 spiro atoms. The molecular weight excluding hydrogens is 583 g/mol. The van der Waals surface area contributed by atoms with E-state index in [9.17, 15) is 38.1 Å². The van der Waals surface area contributed by atoms with E-state index in [0.29, 0.717) is 29.7 Å². The minimum atomic E-state index is -4.38. The number of alkyl halides is 3. The summed E-state index contributed by atoms with van der Waals surface area (Å²) in [7, 11) is 13.5. The number of likely N-dealkylation sites (tertiary alicyclic amines) is 1. The SMILES string of the molecule is B=C1C(C(N)=O)=C(O)[C@@H](N(C)C)[C@@H]2C[C@@H]3Cc4c(c(O)cc(CN5CCC[C@H]5C(F)(F)F)c4N(C)C)C(=O)C3=C(O)[C@]12P. The van der Waals surface area contributed by atoms with Crippen LogP contribution >= 0.6 is 9.24 Å². The molecule has 5 rings (SSSR count). The van der Waals surface area contributed by atoms with Gasteiger partial charge in [0.05, 0.1) is 0 Å². The molecule has 0 aromatic heterocycles. The number of nitrogens with zero attached hydrogens (tertiary/aromatic N) is 3. The third-order valence-electron chi connectivity index (χ3n) is 9.64. The number of aliphatic hydroxyl groups is 2. The molecule has 1 unspecified atom stereocenters. The fraction of sp³-hybridized carbons (Fsp3) is 0.552. The minimum absolute atomic E-state index is 0.000965. The number of Topliss-reactive ketones (excluding diaryl/α,β-unsaturated/α-hetero) is 1. The van der Waals surface area contributed by atoms with Crippen molar-refractivity contribution in [2.45, 2.75) is 55.6 Å². The fourth-order valence-corrected chi connectivity index (χ4v) is 8.51. The Labute approximate surface area is 251 Å². The van der Waals surface area contributed by atoms with Gasteiger partial charge in [0.1, 0.15) is 0 Å². The van der Waals surface area contributed by atoms with Crippen molar-refractivity contribution >= 4 is 39.6 Å². The van der Waals surface area contributed by atoms with E-state index in [1.807, 2.05) is 0 Å². The van der Waals surface area contributed by atoms with Crippen molar-refractivity contribution in [2.24, 2.45) is 17.6 Å². The number of ketones is 1. The summed E-state index contributed by atoms with van der Waals surface area (Å²) in [5.74, 6) is -3.55. The number of halogens is 3. The molecule has 0 radical (unpaired) electrons. The van der Waals surface area contributed by atoms with E-state index in [1.165, 1.54) is 11.0 Å². The number of anilines is 1. The Bertz CT molecular complexity index is 1490. The Morgan fingerprint density at radius 1 is 1.23 bits per heavy atom. The van der Waals surface area contributed by atoms with Crippen molar-refractivity contribution in [2.75, 3.05) is 39.6 Å². The van der Waals surface area contributed by atoms with Gasteiger partial charge in [0.25, 0.3) is 0 Å². The Morgan fingerprint density at radius 2 is 1.88 bits per heavy atom. The first-order valence-electron chi connectivity index (χ1n) is 14.1. The summed E-state index contributed by atoms with van der Waals surface area (Å²) in [5, 5.41) is 32.8. The number of likely N-dealkylation sites (N-methyl/N-ethyl adjacent to an activating group) is 1. The summed E-state index contributed by atoms with van der Waals surface area (Å²) < 4.78 is 41.2. The molecule has 3 aliphatic carbocycles. The van der Waals surface area contributed by atoms with Crippen LogP contribution < -0.4 is 10.6 Å². The third kappa shape index (κ3) is 4.70. The zero-order chi connectivity index (χ0) is 31.9. The van der Waals surface area contributed by atoms with Crippen LogP contribution in [0.1, 0.15) is 40.7 Å². The third-order valence-corrected chi connectivity index (χ3v) is 10.7. The predicted octanol–water partition coefficient (Wildman–Crippen LogP) is 2.10. The molecule has 1 aliphatic heterocycles. The van der Waals surface area contributed by atoms with Gasteiger partial charge in [0, 0.05) is 0 Å². The van der Waals surface area contributed by atoms with Gasteiger partial charge in [-0.05, 0) is 12.8 Å². The van der Waals surface area contributed by atoms with Crippen LogP contribution in [0.4, 0.5) is 18.9 Å². The first-order chi connectivity index (χ1) is 19.9. The number of allylic oxidation sites excluding steroid dienone is 2. The van der Waals surface area contributed by atoms with Gasteiger partial charge in [-0.2, -0.15) is 13.2 Å². The number of carbonyl (C=O) groups is 2. The second kappa shape index (κ2) is 10.6. The normalized spacial score (nSPS) is 29.6. The molecule has 232 valence electrons. The number of aliphatic hydroxyl groups excluding tert-OH is 2. The van der Waals surface area contributed by atoms with Gasteiger partial charge in [-0.25, -0.2) is 0 Å². The van der Waals surface area contributed by atoms with E-state index in [0.717, 1.165) is 0 Å². The summed E-state index contributed by atoms with van der Waals surface area (Å²) in [5.41, 5.74) is 7.08. The van der Waals surface area contributed by atoms with Crippen LogP contribution in [0.2, 0.25) is 0 Å². The number of amides is 1. The first-order valence-corrected chi connectivity index (χ1v) is 14.7. The van der Waals surface area contributed by atoms with Crippen LogP contribution in [0.25, 0.3) is 0 Å². The van der Waals surface area contributed by atoms with Gasteiger partial charge in [0.2, 0.25) is 0 Å². The number of rotatable bonds is 5. The standard InChI is InChI=1S/C29H37BF3N4O5P/c1-35(2)21-13(11-37-7-5-6-17(37)29(31,32)33)10-16(38)19-14(21)8-12-9-15-22(36(3)4)24(40)20(27(34)42)25(30)28(15,43)26(41)18(12)23(19)39/h10,12,15,17,22,30,38,40-41H,5-9,11,43H2,1-4H3,(H2,34,42)/t12-,15-,17-,22-,28+/m0/s1. The quantitative estimate of drug-likeness (QED) is 0.291. The Balaban J connectivity index is 1.65. The second-order valence-corrected chi connectivity index (χ2v) is 13.4. The van der Waals surface area contributed by atoms with Crippen LogP contribution in [-0.2, 0) is 17.8 Å². The van der Waals surface area contributed by atoms with Crippen molar-refractivity contribution < 1.29 is 38.1 Å². The summed E-state index contributed by atoms with van der Waals surface area (Å²) in [6.45, 7) is 0.203. The number of fused-ring (bicyclic) bond motifs is 3. The molecule has 6 atom stereocenters. The molecule has 1 fully saturated rings. The van der Waals surface area contributed by atoms with Gasteiger partial charge in [0.15, 0.2) is 0 Å². The molecule has 1 aromatic carbocycles. The van der Waals surface area contributed by atoms with Gasteiger partial charge in [-0.1, -0.05) is 0 Å². The van der Waals surface area contributed by atoms with Crippen LogP contribution in [0, 0.1) is 11.8 Å². The van der Waals surface area contributed by atoms with Crippen molar-refractivity contribution in [3.63, 3.8) is 0 Å². The number of benzene rings is 1. The average molecular weight is 620 g/mol. The number of phenols is 1. The molecule has 9 nitrogen and oxygen atoms in total. The predicted molar refractivity (Wildman–Crippen MR) is 162 cm³/mol. The van der Waals surface area contributed by atoms with Gasteiger partial charge in [-0.3, -0.25) is 0 Å². The van der Waals surface area contributed by atoms with Crippen LogP contribution in [0.3, 0.4) is 0 Å². The van der Waals surface area contributed by atoms with E-state index in [1.54, 1.807) is 38.0 Å². The molecular formula is C29H37BF3N4O5P. The molecule has 43 heavy (non-hydrogen) atoms. The zero-order valence-electron chi connectivity index (χ0n) is 24.6. The van der Waals surface area contributed by atoms with E-state index in [4.69, 9.17) is 5.73 Å². The van der Waals surface area contributed by atoms with Crippen LogP contribution in [0.5, 0.6) is 5.75 Å². The Kier molecular flexibility index (Phi) is 7.80. The maximum absolute atomic E-state index is 14.2. The van der Waals surface area contributed by atoms with E-state index in [2.05, 4.69) is 16.7 Å². The number of primary amides is 1. The second-order valence-electron chi connectivity index (χ2n) is 12.5. The van der Waals surface area contributed by atoms with Gasteiger partial charge >= 0.3 is 225 Å². The summed E-state index contributed by atoms with van der Waals surface area (Å²) >= 11 is 0. The number of carbonyl (C=O) groups excluding carboxylic acids is 2. The van der Waals surface area contributed by atoms with Gasteiger partial charge in [-0.15, -0.1) is 0 Å². The summed E-state index contributed by atoms with van der Waals surface area (Å²) in [6.07, 6.45) is -3.46. The molecule has 1 aromatic rings. The molecule has 5 N–H and O–H groups in total. The average Bonchev–Trinajstić information content (AvgIpc) is 3.34. The maximum atomic E-state index is 14.2. The van der Waals surface area contributed by atoms with E-state index < -0.39 is 46.9 Å². The van der Waals surface area contributed by atoms with Crippen molar-refractivity contribution in [3.05, 3.63) is 45.4 Å². The van der Waals surface area contributed by atoms with Crippen molar-refractivity contribution in [1.29, 1.82) is 0 Å². The van der Waals surface area contributed by atoms with Crippen LogP contribution in [0.15, 0.2) is 28.7 Å². The summed E-state index contributed by atoms with van der Waals surface area (Å²) in [6, 6.07) is -0.977. The molecule has 0 bridgehead atoms.